The highest BCUT2D eigenvalue weighted by Gasteiger charge is 2.14. The molecule has 0 aliphatic rings. The molecule has 0 radical (unpaired) electrons. The molecule has 4 nitrogen and oxygen atoms in total. The maximum Gasteiger partial charge on any atom is 0.120 e. The van der Waals surface area contributed by atoms with Gasteiger partial charge in [-0.3, -0.25) is 4.90 Å². The van der Waals surface area contributed by atoms with Gasteiger partial charge in [-0.1, -0.05) is 37.3 Å². The van der Waals surface area contributed by atoms with Crippen molar-refractivity contribution < 1.29 is 14.9 Å². The third-order valence-corrected chi connectivity index (χ3v) is 3.87. The summed E-state index contributed by atoms with van der Waals surface area (Å²) in [6.45, 7) is 3.79. The van der Waals surface area contributed by atoms with Gasteiger partial charge in [-0.15, -0.1) is 0 Å². The fourth-order valence-corrected chi connectivity index (χ4v) is 2.51. The van der Waals surface area contributed by atoms with Gasteiger partial charge in [0.25, 0.3) is 0 Å². The van der Waals surface area contributed by atoms with Gasteiger partial charge in [-0.25, -0.2) is 0 Å². The van der Waals surface area contributed by atoms with Crippen LogP contribution in [0, 0.1) is 0 Å². The minimum Gasteiger partial charge on any atom is -0.508 e. The second-order valence-electron chi connectivity index (χ2n) is 5.71. The number of hydrogen-bond donors (Lipinski definition) is 2. The van der Waals surface area contributed by atoms with Crippen LogP contribution in [0.25, 0.3) is 0 Å². The highest BCUT2D eigenvalue weighted by atomic mass is 16.5. The summed E-state index contributed by atoms with van der Waals surface area (Å²) in [7, 11) is 1.61. The lowest BCUT2D eigenvalue weighted by molar-refractivity contribution is 0.101. The van der Waals surface area contributed by atoms with Gasteiger partial charge in [0.1, 0.15) is 11.5 Å². The molecule has 0 amide bonds. The molecule has 1 unspecified atom stereocenters. The molecule has 23 heavy (non-hydrogen) atoms. The van der Waals surface area contributed by atoms with Gasteiger partial charge in [0.2, 0.25) is 0 Å². The van der Waals surface area contributed by atoms with Crippen molar-refractivity contribution >= 4 is 0 Å². The number of nitrogens with zero attached hydrogens (tertiary/aromatic N) is 1. The second kappa shape index (κ2) is 8.56. The number of aliphatic hydroxyl groups excluding tert-OH is 1. The predicted molar refractivity (Wildman–Crippen MR) is 91.5 cm³/mol. The molecule has 0 aliphatic carbocycles. The summed E-state index contributed by atoms with van der Waals surface area (Å²) in [6.07, 6.45) is 0.321. The molecule has 2 rings (SSSR count). The zero-order chi connectivity index (χ0) is 16.7. The van der Waals surface area contributed by atoms with Crippen molar-refractivity contribution in [2.75, 3.05) is 13.7 Å². The van der Waals surface area contributed by atoms with Gasteiger partial charge < -0.3 is 14.9 Å². The SMILES string of the molecule is CCC(O)CN(Cc1ccccc1)Cc1cc(OC)ccc1O. The molecule has 0 bridgehead atoms. The molecule has 0 aliphatic heterocycles. The van der Waals surface area contributed by atoms with Gasteiger partial charge >= 0.3 is 0 Å². The maximum absolute atomic E-state index is 10.1. The minimum absolute atomic E-state index is 0.245. The lowest BCUT2D eigenvalue weighted by Crippen LogP contribution is -2.31. The van der Waals surface area contributed by atoms with Gasteiger partial charge in [0.05, 0.1) is 13.2 Å². The summed E-state index contributed by atoms with van der Waals surface area (Å²) in [5.74, 6) is 0.961. The number of phenols is 1. The molecule has 2 N–H and O–H groups in total. The Bertz CT molecular complexity index is 601. The highest BCUT2D eigenvalue weighted by Crippen LogP contribution is 2.25. The van der Waals surface area contributed by atoms with E-state index in [9.17, 15) is 10.2 Å². The Kier molecular flexibility index (Phi) is 6.44. The van der Waals surface area contributed by atoms with E-state index in [0.717, 1.165) is 5.56 Å². The monoisotopic (exact) mass is 315 g/mol. The standard InChI is InChI=1S/C19H25NO3/c1-3-17(21)14-20(12-15-7-5-4-6-8-15)13-16-11-18(23-2)9-10-19(16)22/h4-11,17,21-22H,3,12-14H2,1-2H3. The van der Waals surface area contributed by atoms with E-state index in [2.05, 4.69) is 17.0 Å². The lowest BCUT2D eigenvalue weighted by atomic mass is 10.1. The Morgan fingerprint density at radius 3 is 2.48 bits per heavy atom. The van der Waals surface area contributed by atoms with Crippen LogP contribution in [0.5, 0.6) is 11.5 Å². The molecule has 0 saturated carbocycles. The van der Waals surface area contributed by atoms with Gasteiger partial charge in [0.15, 0.2) is 0 Å². The first-order valence-corrected chi connectivity index (χ1v) is 7.92. The first-order valence-electron chi connectivity index (χ1n) is 7.92. The Hall–Kier alpha value is -2.04. The van der Waals surface area contributed by atoms with E-state index < -0.39 is 0 Å². The maximum atomic E-state index is 10.1. The molecule has 2 aromatic carbocycles. The van der Waals surface area contributed by atoms with E-state index in [0.29, 0.717) is 31.8 Å². The number of methoxy groups -OCH3 is 1. The molecule has 4 heteroatoms. The van der Waals surface area contributed by atoms with Crippen molar-refractivity contribution in [2.45, 2.75) is 32.5 Å². The number of aliphatic hydroxyl groups is 1. The molecule has 0 fully saturated rings. The molecule has 1 atom stereocenters. The third-order valence-electron chi connectivity index (χ3n) is 3.87. The van der Waals surface area contributed by atoms with E-state index in [1.54, 1.807) is 19.2 Å². The number of rotatable bonds is 8. The first-order chi connectivity index (χ1) is 11.1. The van der Waals surface area contributed by atoms with Crippen LogP contribution >= 0.6 is 0 Å². The van der Waals surface area contributed by atoms with Crippen LogP contribution in [0.15, 0.2) is 48.5 Å². The van der Waals surface area contributed by atoms with E-state index in [1.807, 2.05) is 31.2 Å². The van der Waals surface area contributed by atoms with Crippen molar-refractivity contribution in [3.8, 4) is 11.5 Å². The average molecular weight is 315 g/mol. The van der Waals surface area contributed by atoms with Crippen LogP contribution in [-0.2, 0) is 13.1 Å². The van der Waals surface area contributed by atoms with Crippen LogP contribution < -0.4 is 4.74 Å². The fraction of sp³-hybridized carbons (Fsp3) is 0.368. The van der Waals surface area contributed by atoms with Crippen LogP contribution in [0.3, 0.4) is 0 Å². The van der Waals surface area contributed by atoms with Gasteiger partial charge in [-0.2, -0.15) is 0 Å². The summed E-state index contributed by atoms with van der Waals surface area (Å²) in [6, 6.07) is 15.4. The van der Waals surface area contributed by atoms with Crippen molar-refractivity contribution in [3.05, 3.63) is 59.7 Å². The van der Waals surface area contributed by atoms with Crippen molar-refractivity contribution in [3.63, 3.8) is 0 Å². The molecule has 0 saturated heterocycles. The zero-order valence-electron chi connectivity index (χ0n) is 13.8. The number of aromatic hydroxyl groups is 1. The smallest absolute Gasteiger partial charge is 0.120 e. The number of benzene rings is 2. The number of ether oxygens (including phenoxy) is 1. The molecule has 0 heterocycles. The molecule has 0 aromatic heterocycles. The topological polar surface area (TPSA) is 52.9 Å². The van der Waals surface area contributed by atoms with Crippen LogP contribution in [0.4, 0.5) is 0 Å². The van der Waals surface area contributed by atoms with Gasteiger partial charge in [-0.05, 0) is 30.2 Å². The number of hydrogen-bond acceptors (Lipinski definition) is 4. The van der Waals surface area contributed by atoms with Crippen molar-refractivity contribution in [1.29, 1.82) is 0 Å². The Balaban J connectivity index is 2.16. The Morgan fingerprint density at radius 1 is 1.09 bits per heavy atom. The Morgan fingerprint density at radius 2 is 1.83 bits per heavy atom. The highest BCUT2D eigenvalue weighted by molar-refractivity contribution is 5.39. The number of phenolic OH excluding ortho intramolecular Hbond substituents is 1. The largest absolute Gasteiger partial charge is 0.508 e. The fourth-order valence-electron chi connectivity index (χ4n) is 2.51. The minimum atomic E-state index is -0.383. The average Bonchev–Trinajstić information content (AvgIpc) is 2.57. The molecular weight excluding hydrogens is 290 g/mol. The molecule has 2 aromatic rings. The van der Waals surface area contributed by atoms with E-state index in [1.165, 1.54) is 5.56 Å². The van der Waals surface area contributed by atoms with E-state index in [4.69, 9.17) is 4.74 Å². The van der Waals surface area contributed by atoms with Crippen molar-refractivity contribution in [1.82, 2.24) is 4.90 Å². The second-order valence-corrected chi connectivity index (χ2v) is 5.71. The third kappa shape index (κ3) is 5.27. The summed E-state index contributed by atoms with van der Waals surface area (Å²) in [5, 5.41) is 20.1. The Labute approximate surface area is 138 Å². The molecule has 124 valence electrons. The summed E-state index contributed by atoms with van der Waals surface area (Å²) < 4.78 is 5.23. The molecular formula is C19H25NO3. The summed E-state index contributed by atoms with van der Waals surface area (Å²) in [4.78, 5) is 2.14. The zero-order valence-corrected chi connectivity index (χ0v) is 13.8. The lowest BCUT2D eigenvalue weighted by Gasteiger charge is -2.25. The first kappa shape index (κ1) is 17.3. The van der Waals surface area contributed by atoms with Crippen LogP contribution in [0.2, 0.25) is 0 Å². The van der Waals surface area contributed by atoms with Gasteiger partial charge in [0, 0.05) is 25.2 Å². The van der Waals surface area contributed by atoms with E-state index >= 15 is 0 Å². The van der Waals surface area contributed by atoms with E-state index in [-0.39, 0.29) is 11.9 Å². The van der Waals surface area contributed by atoms with Crippen LogP contribution in [-0.4, -0.2) is 34.9 Å². The normalized spacial score (nSPS) is 12.3. The predicted octanol–water partition coefficient (Wildman–Crippen LogP) is 3.17. The van der Waals surface area contributed by atoms with Crippen molar-refractivity contribution in [2.24, 2.45) is 0 Å². The molecule has 0 spiro atoms. The van der Waals surface area contributed by atoms with Crippen LogP contribution in [0.1, 0.15) is 24.5 Å². The quantitative estimate of drug-likeness (QED) is 0.785. The summed E-state index contributed by atoms with van der Waals surface area (Å²) in [5.41, 5.74) is 1.97. The summed E-state index contributed by atoms with van der Waals surface area (Å²) >= 11 is 0.